The Morgan fingerprint density at radius 3 is 2.75 bits per heavy atom. The lowest BCUT2D eigenvalue weighted by Crippen LogP contribution is -2.34. The Morgan fingerprint density at radius 1 is 1.21 bits per heavy atom. The van der Waals surface area contributed by atoms with Crippen LogP contribution < -0.4 is 4.90 Å². The van der Waals surface area contributed by atoms with E-state index in [1.165, 1.54) is 0 Å². The summed E-state index contributed by atoms with van der Waals surface area (Å²) in [6, 6.07) is 7.97. The Labute approximate surface area is 139 Å². The molecule has 1 atom stereocenters. The normalized spacial score (nSPS) is 17.2. The van der Waals surface area contributed by atoms with E-state index in [1.807, 2.05) is 45.4 Å². The summed E-state index contributed by atoms with van der Waals surface area (Å²) >= 11 is 0. The molecule has 1 aliphatic rings. The minimum Gasteiger partial charge on any atom is -0.315 e. The highest BCUT2D eigenvalue weighted by atomic mass is 16.2. The Balaban J connectivity index is 1.88. The van der Waals surface area contributed by atoms with Crippen molar-refractivity contribution in [2.45, 2.75) is 19.3 Å². The average molecular weight is 322 g/mol. The highest BCUT2D eigenvalue weighted by Crippen LogP contribution is 2.39. The molecule has 2 aromatic heterocycles. The van der Waals surface area contributed by atoms with Gasteiger partial charge in [-0.3, -0.25) is 9.48 Å². The number of hydrogen-bond donors (Lipinski definition) is 0. The lowest BCUT2D eigenvalue weighted by molar-refractivity contribution is -0.118. The van der Waals surface area contributed by atoms with E-state index in [0.717, 1.165) is 22.8 Å². The molecule has 4 rings (SSSR count). The van der Waals surface area contributed by atoms with Crippen molar-refractivity contribution in [1.82, 2.24) is 24.5 Å². The van der Waals surface area contributed by atoms with Gasteiger partial charge in [-0.25, -0.2) is 9.67 Å². The zero-order valence-electron chi connectivity index (χ0n) is 13.8. The summed E-state index contributed by atoms with van der Waals surface area (Å²) < 4.78 is 3.52. The molecule has 0 radical (unpaired) electrons. The summed E-state index contributed by atoms with van der Waals surface area (Å²) in [6.45, 7) is 1.86. The molecule has 1 aromatic carbocycles. The SMILES string of the molecule is Cc1nc(C2CC(=O)N(C)c3ccccc32)n(-c2cnn(C)c2)n1. The quantitative estimate of drug-likeness (QED) is 0.721. The van der Waals surface area contributed by atoms with Crippen LogP contribution in [0.15, 0.2) is 36.7 Å². The highest BCUT2D eigenvalue weighted by Gasteiger charge is 2.33. The Kier molecular flexibility index (Phi) is 3.23. The molecule has 1 amide bonds. The van der Waals surface area contributed by atoms with Crippen molar-refractivity contribution in [3.05, 3.63) is 53.9 Å². The Hall–Kier alpha value is -2.96. The van der Waals surface area contributed by atoms with Gasteiger partial charge in [0.1, 0.15) is 17.3 Å². The lowest BCUT2D eigenvalue weighted by atomic mass is 9.89. The number of carbonyl (C=O) groups excluding carboxylic acids is 1. The molecule has 0 bridgehead atoms. The average Bonchev–Trinajstić information content (AvgIpc) is 3.16. The molecule has 3 aromatic rings. The van der Waals surface area contributed by atoms with Gasteiger partial charge in [0.2, 0.25) is 5.91 Å². The molecule has 0 fully saturated rings. The highest BCUT2D eigenvalue weighted by molar-refractivity contribution is 5.97. The summed E-state index contributed by atoms with van der Waals surface area (Å²) in [5.41, 5.74) is 2.87. The van der Waals surface area contributed by atoms with Crippen molar-refractivity contribution in [2.75, 3.05) is 11.9 Å². The van der Waals surface area contributed by atoms with Gasteiger partial charge in [0.05, 0.1) is 18.3 Å². The molecule has 0 saturated heterocycles. The van der Waals surface area contributed by atoms with Crippen molar-refractivity contribution < 1.29 is 4.79 Å². The number of amides is 1. The van der Waals surface area contributed by atoms with Gasteiger partial charge in [-0.2, -0.15) is 10.2 Å². The standard InChI is InChI=1S/C17H18N6O/c1-11-19-17(23(20-11)12-9-18-21(2)10-12)14-8-16(24)22(3)15-7-5-4-6-13(14)15/h4-7,9-10,14H,8H2,1-3H3. The fourth-order valence-corrected chi connectivity index (χ4v) is 3.24. The molecule has 122 valence electrons. The maximum absolute atomic E-state index is 12.5. The second kappa shape index (κ2) is 5.30. The predicted octanol–water partition coefficient (Wildman–Crippen LogP) is 1.81. The second-order valence-electron chi connectivity index (χ2n) is 6.07. The first kappa shape index (κ1) is 14.6. The fraction of sp³-hybridized carbons (Fsp3) is 0.294. The lowest BCUT2D eigenvalue weighted by Gasteiger charge is -2.31. The molecule has 0 spiro atoms. The number of benzene rings is 1. The molecule has 24 heavy (non-hydrogen) atoms. The first-order valence-electron chi connectivity index (χ1n) is 7.82. The first-order chi connectivity index (χ1) is 11.5. The molecule has 7 nitrogen and oxygen atoms in total. The molecule has 0 saturated carbocycles. The van der Waals surface area contributed by atoms with Crippen LogP contribution in [0, 0.1) is 6.92 Å². The number of aryl methyl sites for hydroxylation is 2. The smallest absolute Gasteiger partial charge is 0.227 e. The molecule has 0 N–H and O–H groups in total. The maximum atomic E-state index is 12.5. The van der Waals surface area contributed by atoms with Gasteiger partial charge in [-0.1, -0.05) is 18.2 Å². The van der Waals surface area contributed by atoms with Gasteiger partial charge in [0.25, 0.3) is 0 Å². The van der Waals surface area contributed by atoms with Gasteiger partial charge in [-0.05, 0) is 18.6 Å². The van der Waals surface area contributed by atoms with Crippen molar-refractivity contribution in [2.24, 2.45) is 7.05 Å². The second-order valence-corrected chi connectivity index (χ2v) is 6.07. The van der Waals surface area contributed by atoms with E-state index in [1.54, 1.807) is 20.5 Å². The topological polar surface area (TPSA) is 68.8 Å². The summed E-state index contributed by atoms with van der Waals surface area (Å²) in [6.07, 6.45) is 4.02. The van der Waals surface area contributed by atoms with Gasteiger partial charge >= 0.3 is 0 Å². The largest absolute Gasteiger partial charge is 0.315 e. The number of carbonyl (C=O) groups is 1. The fourth-order valence-electron chi connectivity index (χ4n) is 3.24. The van der Waals surface area contributed by atoms with Crippen molar-refractivity contribution in [3.63, 3.8) is 0 Å². The molecule has 1 unspecified atom stereocenters. The van der Waals surface area contributed by atoms with Crippen molar-refractivity contribution >= 4 is 11.6 Å². The van der Waals surface area contributed by atoms with Crippen molar-refractivity contribution in [1.29, 1.82) is 0 Å². The van der Waals surface area contributed by atoms with E-state index < -0.39 is 0 Å². The van der Waals surface area contributed by atoms with E-state index in [2.05, 4.69) is 21.2 Å². The minimum absolute atomic E-state index is 0.0806. The number of anilines is 1. The Morgan fingerprint density at radius 2 is 2.00 bits per heavy atom. The number of aromatic nitrogens is 5. The number of rotatable bonds is 2. The van der Waals surface area contributed by atoms with Crippen LogP contribution in [-0.4, -0.2) is 37.5 Å². The number of para-hydroxylation sites is 1. The maximum Gasteiger partial charge on any atom is 0.227 e. The predicted molar refractivity (Wildman–Crippen MR) is 89.2 cm³/mol. The van der Waals surface area contributed by atoms with E-state index >= 15 is 0 Å². The van der Waals surface area contributed by atoms with E-state index in [9.17, 15) is 4.79 Å². The van der Waals surface area contributed by atoms with Crippen LogP contribution in [0.1, 0.15) is 29.6 Å². The van der Waals surface area contributed by atoms with E-state index in [0.29, 0.717) is 12.2 Å². The summed E-state index contributed by atoms with van der Waals surface area (Å²) in [7, 11) is 3.68. The van der Waals surface area contributed by atoms with Gasteiger partial charge in [-0.15, -0.1) is 0 Å². The monoisotopic (exact) mass is 322 g/mol. The van der Waals surface area contributed by atoms with Crippen LogP contribution >= 0.6 is 0 Å². The van der Waals surface area contributed by atoms with Crippen LogP contribution in [0.4, 0.5) is 5.69 Å². The third kappa shape index (κ3) is 2.20. The molecule has 1 aliphatic heterocycles. The summed E-state index contributed by atoms with van der Waals surface area (Å²) in [5.74, 6) is 1.41. The van der Waals surface area contributed by atoms with Gasteiger partial charge in [0, 0.05) is 26.2 Å². The number of hydrogen-bond acceptors (Lipinski definition) is 4. The summed E-state index contributed by atoms with van der Waals surface area (Å²) in [4.78, 5) is 18.8. The summed E-state index contributed by atoms with van der Waals surface area (Å²) in [5, 5.41) is 8.73. The zero-order valence-corrected chi connectivity index (χ0v) is 13.8. The van der Waals surface area contributed by atoms with Crippen LogP contribution in [-0.2, 0) is 11.8 Å². The molecule has 7 heteroatoms. The van der Waals surface area contributed by atoms with E-state index in [4.69, 9.17) is 0 Å². The van der Waals surface area contributed by atoms with Crippen LogP contribution in [0.3, 0.4) is 0 Å². The van der Waals surface area contributed by atoms with Crippen LogP contribution in [0.25, 0.3) is 5.69 Å². The first-order valence-corrected chi connectivity index (χ1v) is 7.82. The Bertz CT molecular complexity index is 925. The molecular weight excluding hydrogens is 304 g/mol. The molecule has 3 heterocycles. The van der Waals surface area contributed by atoms with Crippen LogP contribution in [0.2, 0.25) is 0 Å². The van der Waals surface area contributed by atoms with Gasteiger partial charge < -0.3 is 4.90 Å². The van der Waals surface area contributed by atoms with Crippen LogP contribution in [0.5, 0.6) is 0 Å². The zero-order chi connectivity index (χ0) is 16.8. The third-order valence-electron chi connectivity index (χ3n) is 4.41. The molecule has 0 aliphatic carbocycles. The number of fused-ring (bicyclic) bond motifs is 1. The minimum atomic E-state index is -0.119. The third-order valence-corrected chi connectivity index (χ3v) is 4.41. The van der Waals surface area contributed by atoms with E-state index in [-0.39, 0.29) is 11.8 Å². The number of nitrogens with zero attached hydrogens (tertiary/aromatic N) is 6. The molecular formula is C17H18N6O. The van der Waals surface area contributed by atoms with Crippen molar-refractivity contribution in [3.8, 4) is 5.69 Å². The van der Waals surface area contributed by atoms with Gasteiger partial charge in [0.15, 0.2) is 0 Å².